The standard InChI is InChI=1S/C16H15F3N2O3/c1-9-13(10(2)23-20-9)7-11-3-5-12(6-4-11)14-8-15(22,24-21-14)16(17,18)19/h3-6,22H,7-8H2,1-2H3. The van der Waals surface area contributed by atoms with Crippen LogP contribution in [0.2, 0.25) is 0 Å². The van der Waals surface area contributed by atoms with Crippen LogP contribution in [0, 0.1) is 13.8 Å². The molecule has 0 saturated carbocycles. The first kappa shape index (κ1) is 16.5. The summed E-state index contributed by atoms with van der Waals surface area (Å²) < 4.78 is 43.3. The third kappa shape index (κ3) is 2.89. The van der Waals surface area contributed by atoms with Gasteiger partial charge in [-0.1, -0.05) is 34.6 Å². The van der Waals surface area contributed by atoms with E-state index in [9.17, 15) is 18.3 Å². The maximum Gasteiger partial charge on any atom is 0.458 e. The van der Waals surface area contributed by atoms with Crippen molar-refractivity contribution in [1.82, 2.24) is 5.16 Å². The summed E-state index contributed by atoms with van der Waals surface area (Å²) in [6.07, 6.45) is -5.03. The molecule has 3 rings (SSSR count). The maximum atomic E-state index is 12.7. The van der Waals surface area contributed by atoms with Gasteiger partial charge in [0.25, 0.3) is 0 Å². The second kappa shape index (κ2) is 5.62. The minimum Gasteiger partial charge on any atom is -0.361 e. The number of hydrogen-bond donors (Lipinski definition) is 1. The quantitative estimate of drug-likeness (QED) is 0.931. The van der Waals surface area contributed by atoms with E-state index in [1.807, 2.05) is 13.8 Å². The summed E-state index contributed by atoms with van der Waals surface area (Å²) in [6, 6.07) is 6.87. The Bertz CT molecular complexity index is 761. The number of halogens is 3. The number of aryl methyl sites for hydroxylation is 2. The molecule has 2 heterocycles. The molecule has 8 heteroatoms. The summed E-state index contributed by atoms with van der Waals surface area (Å²) in [5.41, 5.74) is 3.27. The fraction of sp³-hybridized carbons (Fsp3) is 0.375. The highest BCUT2D eigenvalue weighted by atomic mass is 19.4. The lowest BCUT2D eigenvalue weighted by molar-refractivity contribution is -0.355. The molecule has 1 aliphatic heterocycles. The van der Waals surface area contributed by atoms with E-state index in [0.29, 0.717) is 12.0 Å². The lowest BCUT2D eigenvalue weighted by atomic mass is 9.98. The normalized spacial score (nSPS) is 20.8. The number of aromatic nitrogens is 1. The molecule has 0 bridgehead atoms. The number of rotatable bonds is 3. The number of oxime groups is 1. The zero-order chi connectivity index (χ0) is 17.5. The summed E-state index contributed by atoms with van der Waals surface area (Å²) in [5, 5.41) is 16.7. The van der Waals surface area contributed by atoms with Gasteiger partial charge in [0.1, 0.15) is 5.76 Å². The van der Waals surface area contributed by atoms with Gasteiger partial charge in [-0.05, 0) is 25.0 Å². The van der Waals surface area contributed by atoms with Gasteiger partial charge in [-0.15, -0.1) is 0 Å². The van der Waals surface area contributed by atoms with E-state index < -0.39 is 18.4 Å². The van der Waals surface area contributed by atoms with Crippen molar-refractivity contribution >= 4 is 5.71 Å². The van der Waals surface area contributed by atoms with Gasteiger partial charge in [0.15, 0.2) is 0 Å². The Balaban J connectivity index is 1.74. The van der Waals surface area contributed by atoms with Crippen LogP contribution in [0.1, 0.15) is 34.6 Å². The van der Waals surface area contributed by atoms with Gasteiger partial charge in [-0.25, -0.2) is 0 Å². The Morgan fingerprint density at radius 3 is 2.38 bits per heavy atom. The van der Waals surface area contributed by atoms with E-state index in [4.69, 9.17) is 4.52 Å². The molecule has 24 heavy (non-hydrogen) atoms. The molecule has 1 aromatic heterocycles. The Morgan fingerprint density at radius 1 is 1.21 bits per heavy atom. The minimum absolute atomic E-state index is 0.0544. The largest absolute Gasteiger partial charge is 0.458 e. The molecule has 5 nitrogen and oxygen atoms in total. The van der Waals surface area contributed by atoms with E-state index >= 15 is 0 Å². The van der Waals surface area contributed by atoms with Gasteiger partial charge in [0.2, 0.25) is 0 Å². The van der Waals surface area contributed by atoms with Crippen molar-refractivity contribution in [3.05, 3.63) is 52.4 Å². The van der Waals surface area contributed by atoms with Crippen LogP contribution in [0.3, 0.4) is 0 Å². The molecule has 0 saturated heterocycles. The molecule has 1 atom stereocenters. The molecule has 0 spiro atoms. The fourth-order valence-corrected chi connectivity index (χ4v) is 2.50. The monoisotopic (exact) mass is 340 g/mol. The molecular formula is C16H15F3N2O3. The Hall–Kier alpha value is -2.35. The van der Waals surface area contributed by atoms with Crippen molar-refractivity contribution in [3.63, 3.8) is 0 Å². The van der Waals surface area contributed by atoms with Gasteiger partial charge < -0.3 is 14.5 Å². The predicted octanol–water partition coefficient (Wildman–Crippen LogP) is 3.26. The smallest absolute Gasteiger partial charge is 0.361 e. The van der Waals surface area contributed by atoms with Crippen molar-refractivity contribution in [3.8, 4) is 0 Å². The topological polar surface area (TPSA) is 67.9 Å². The molecule has 1 aromatic carbocycles. The van der Waals surface area contributed by atoms with E-state index in [1.165, 1.54) is 0 Å². The predicted molar refractivity (Wildman–Crippen MR) is 78.5 cm³/mol. The average Bonchev–Trinajstić information content (AvgIpc) is 3.06. The second-order valence-electron chi connectivity index (χ2n) is 5.76. The molecule has 1 N–H and O–H groups in total. The SMILES string of the molecule is Cc1noc(C)c1Cc1ccc(C2=NOC(O)(C(F)(F)F)C2)cc1. The van der Waals surface area contributed by atoms with Gasteiger partial charge in [0, 0.05) is 12.0 Å². The minimum atomic E-state index is -4.90. The van der Waals surface area contributed by atoms with Crippen LogP contribution in [0.4, 0.5) is 13.2 Å². The summed E-state index contributed by atoms with van der Waals surface area (Å²) in [6.45, 7) is 3.68. The number of benzene rings is 1. The van der Waals surface area contributed by atoms with Crippen LogP contribution in [0.25, 0.3) is 0 Å². The lowest BCUT2D eigenvalue weighted by Gasteiger charge is -2.22. The number of alkyl halides is 3. The fourth-order valence-electron chi connectivity index (χ4n) is 2.50. The summed E-state index contributed by atoms with van der Waals surface area (Å²) >= 11 is 0. The highest BCUT2D eigenvalue weighted by Gasteiger charge is 2.60. The van der Waals surface area contributed by atoms with Crippen LogP contribution >= 0.6 is 0 Å². The zero-order valence-corrected chi connectivity index (χ0v) is 13.0. The molecule has 0 fully saturated rings. The van der Waals surface area contributed by atoms with Gasteiger partial charge >= 0.3 is 12.0 Å². The van der Waals surface area contributed by atoms with Gasteiger partial charge in [-0.3, -0.25) is 0 Å². The molecule has 128 valence electrons. The first-order chi connectivity index (χ1) is 11.2. The average molecular weight is 340 g/mol. The molecule has 0 amide bonds. The van der Waals surface area contributed by atoms with E-state index in [0.717, 1.165) is 22.6 Å². The highest BCUT2D eigenvalue weighted by Crippen LogP contribution is 2.38. The number of nitrogens with zero attached hydrogens (tertiary/aromatic N) is 2. The summed E-state index contributed by atoms with van der Waals surface area (Å²) in [5.74, 6) is -2.52. The maximum absolute atomic E-state index is 12.7. The number of hydrogen-bond acceptors (Lipinski definition) is 5. The van der Waals surface area contributed by atoms with Crippen LogP contribution in [-0.2, 0) is 11.3 Å². The van der Waals surface area contributed by atoms with Gasteiger partial charge in [-0.2, -0.15) is 13.2 Å². The van der Waals surface area contributed by atoms with Crippen LogP contribution in [0.15, 0.2) is 33.9 Å². The van der Waals surface area contributed by atoms with Crippen LogP contribution in [-0.4, -0.2) is 27.9 Å². The molecule has 0 aliphatic carbocycles. The Kier molecular flexibility index (Phi) is 3.87. The third-order valence-electron chi connectivity index (χ3n) is 4.01. The first-order valence-electron chi connectivity index (χ1n) is 7.25. The highest BCUT2D eigenvalue weighted by molar-refractivity contribution is 6.01. The first-order valence-corrected chi connectivity index (χ1v) is 7.25. The second-order valence-corrected chi connectivity index (χ2v) is 5.76. The van der Waals surface area contributed by atoms with Crippen molar-refractivity contribution in [2.75, 3.05) is 0 Å². The third-order valence-corrected chi connectivity index (χ3v) is 4.01. The Morgan fingerprint density at radius 2 is 1.88 bits per heavy atom. The summed E-state index contributed by atoms with van der Waals surface area (Å²) in [7, 11) is 0. The number of aliphatic hydroxyl groups is 1. The lowest BCUT2D eigenvalue weighted by Crippen LogP contribution is -2.45. The zero-order valence-electron chi connectivity index (χ0n) is 13.0. The van der Waals surface area contributed by atoms with Crippen molar-refractivity contribution in [2.24, 2.45) is 5.16 Å². The summed E-state index contributed by atoms with van der Waals surface area (Å²) in [4.78, 5) is 4.22. The van der Waals surface area contributed by atoms with E-state index in [2.05, 4.69) is 15.1 Å². The van der Waals surface area contributed by atoms with Crippen molar-refractivity contribution in [1.29, 1.82) is 0 Å². The van der Waals surface area contributed by atoms with Crippen LogP contribution < -0.4 is 0 Å². The van der Waals surface area contributed by atoms with Crippen LogP contribution in [0.5, 0.6) is 0 Å². The molecule has 0 radical (unpaired) electrons. The molecule has 2 aromatic rings. The van der Waals surface area contributed by atoms with Crippen molar-refractivity contribution in [2.45, 2.75) is 38.7 Å². The van der Waals surface area contributed by atoms with Crippen molar-refractivity contribution < 1.29 is 27.6 Å². The van der Waals surface area contributed by atoms with E-state index in [1.54, 1.807) is 24.3 Å². The molecule has 1 aliphatic rings. The van der Waals surface area contributed by atoms with Gasteiger partial charge in [0.05, 0.1) is 17.8 Å². The molecule has 1 unspecified atom stereocenters. The van der Waals surface area contributed by atoms with E-state index in [-0.39, 0.29) is 5.71 Å². The Labute approximate surface area is 135 Å². The molecular weight excluding hydrogens is 325 g/mol.